The van der Waals surface area contributed by atoms with E-state index in [1.807, 2.05) is 12.1 Å². The lowest BCUT2D eigenvalue weighted by Gasteiger charge is -2.32. The lowest BCUT2D eigenvalue weighted by atomic mass is 9.98. The third kappa shape index (κ3) is 4.17. The monoisotopic (exact) mass is 479 g/mol. The van der Waals surface area contributed by atoms with E-state index in [0.717, 1.165) is 103 Å². The smallest absolute Gasteiger partial charge is 0.256 e. The van der Waals surface area contributed by atoms with Gasteiger partial charge in [-0.1, -0.05) is 11.3 Å². The number of benzene rings is 1. The number of H-pyrrole nitrogens is 1. The molecule has 1 aromatic carbocycles. The maximum Gasteiger partial charge on any atom is 0.256 e. The van der Waals surface area contributed by atoms with Gasteiger partial charge in [0.05, 0.1) is 35.4 Å². The normalized spacial score (nSPS) is 18.4. The molecule has 0 saturated carbocycles. The van der Waals surface area contributed by atoms with Crippen LogP contribution in [0.4, 0.5) is 5.13 Å². The van der Waals surface area contributed by atoms with Crippen LogP contribution in [0.2, 0.25) is 0 Å². The van der Waals surface area contributed by atoms with Gasteiger partial charge in [-0.3, -0.25) is 14.7 Å². The molecule has 178 valence electrons. The van der Waals surface area contributed by atoms with Crippen molar-refractivity contribution in [2.45, 2.75) is 12.8 Å². The van der Waals surface area contributed by atoms with Gasteiger partial charge in [0.1, 0.15) is 0 Å². The number of hydrogen-bond donors (Lipinski definition) is 1. The Bertz CT molecular complexity index is 1360. The molecular formula is C25H29N5O3S. The third-order valence-electron chi connectivity index (χ3n) is 7.06. The van der Waals surface area contributed by atoms with Crippen molar-refractivity contribution in [2.24, 2.45) is 5.92 Å². The molecule has 5 heterocycles. The second-order valence-corrected chi connectivity index (χ2v) is 10.1. The number of piperidine rings is 1. The molecule has 4 aromatic rings. The minimum atomic E-state index is -0.0817. The Morgan fingerprint density at radius 1 is 1.12 bits per heavy atom. The fraction of sp³-hybridized carbons (Fsp3) is 0.480. The summed E-state index contributed by atoms with van der Waals surface area (Å²) in [5, 5.41) is 4.53. The summed E-state index contributed by atoms with van der Waals surface area (Å²) in [4.78, 5) is 29.6. The van der Waals surface area contributed by atoms with Crippen LogP contribution in [0.5, 0.6) is 0 Å². The van der Waals surface area contributed by atoms with Crippen LogP contribution in [0.1, 0.15) is 12.8 Å². The first-order valence-corrected chi connectivity index (χ1v) is 12.9. The van der Waals surface area contributed by atoms with Crippen LogP contribution >= 0.6 is 11.3 Å². The van der Waals surface area contributed by atoms with Crippen molar-refractivity contribution in [3.8, 4) is 0 Å². The number of pyridine rings is 2. The van der Waals surface area contributed by atoms with Crippen LogP contribution in [0.15, 0.2) is 35.5 Å². The van der Waals surface area contributed by atoms with Crippen molar-refractivity contribution in [1.82, 2.24) is 19.9 Å². The number of anilines is 1. The summed E-state index contributed by atoms with van der Waals surface area (Å²) >= 11 is 1.69. The molecule has 1 N–H and O–H groups in total. The maximum absolute atomic E-state index is 12.6. The summed E-state index contributed by atoms with van der Waals surface area (Å²) < 4.78 is 12.5. The Hall–Kier alpha value is -2.59. The Balaban J connectivity index is 1.15. The standard InChI is InChI=1S/C25H29N5O3S/c31-24-21-19(2-6-27-24)23-22(18-1-5-26-15-20(18)21)28-25(34-23)30-7-3-17(4-8-30)16-33-14-11-29-9-12-32-13-10-29/h1-2,5-6,15,17H,3-4,7-14,16H2,(H,27,31). The highest BCUT2D eigenvalue weighted by Gasteiger charge is 2.23. The highest BCUT2D eigenvalue weighted by Crippen LogP contribution is 2.39. The maximum atomic E-state index is 12.6. The number of fused-ring (bicyclic) bond motifs is 6. The number of nitrogens with zero attached hydrogens (tertiary/aromatic N) is 4. The van der Waals surface area contributed by atoms with Gasteiger partial charge < -0.3 is 19.4 Å². The molecule has 9 heteroatoms. The molecule has 2 aliphatic heterocycles. The van der Waals surface area contributed by atoms with Gasteiger partial charge in [0.25, 0.3) is 5.56 Å². The summed E-state index contributed by atoms with van der Waals surface area (Å²) in [7, 11) is 0. The van der Waals surface area contributed by atoms with E-state index in [1.54, 1.807) is 29.9 Å². The van der Waals surface area contributed by atoms with Gasteiger partial charge in [-0.2, -0.15) is 0 Å². The number of thiazole rings is 1. The molecule has 8 nitrogen and oxygen atoms in total. The van der Waals surface area contributed by atoms with Gasteiger partial charge in [-0.25, -0.2) is 4.98 Å². The summed E-state index contributed by atoms with van der Waals surface area (Å²) in [6, 6.07) is 3.95. The van der Waals surface area contributed by atoms with Crippen molar-refractivity contribution in [3.63, 3.8) is 0 Å². The molecule has 2 saturated heterocycles. The average Bonchev–Trinajstić information content (AvgIpc) is 3.34. The Morgan fingerprint density at radius 2 is 1.97 bits per heavy atom. The molecule has 0 radical (unpaired) electrons. The summed E-state index contributed by atoms with van der Waals surface area (Å²) in [6.07, 6.45) is 7.48. The fourth-order valence-corrected chi connectivity index (χ4v) is 6.27. The van der Waals surface area contributed by atoms with Gasteiger partial charge in [0.2, 0.25) is 0 Å². The largest absolute Gasteiger partial charge is 0.380 e. The van der Waals surface area contributed by atoms with E-state index >= 15 is 0 Å². The van der Waals surface area contributed by atoms with E-state index in [9.17, 15) is 4.79 Å². The SMILES string of the molecule is O=c1[nH]ccc2c3sc(N4CCC(COCCN5CCOCC5)CC4)nc3c3ccncc3c12. The van der Waals surface area contributed by atoms with Crippen LogP contribution in [0, 0.1) is 5.92 Å². The Kier molecular flexibility index (Phi) is 6.17. The number of hydrogen-bond acceptors (Lipinski definition) is 8. The molecule has 0 amide bonds. The molecule has 0 spiro atoms. The Labute approximate surface area is 201 Å². The molecule has 0 aliphatic carbocycles. The number of nitrogens with one attached hydrogen (secondary N) is 1. The number of aromatic nitrogens is 3. The number of aromatic amines is 1. The lowest BCUT2D eigenvalue weighted by molar-refractivity contribution is 0.0144. The van der Waals surface area contributed by atoms with E-state index in [2.05, 4.69) is 19.8 Å². The molecule has 0 unspecified atom stereocenters. The second-order valence-electron chi connectivity index (χ2n) is 9.15. The van der Waals surface area contributed by atoms with E-state index in [4.69, 9.17) is 14.5 Å². The molecule has 0 atom stereocenters. The highest BCUT2D eigenvalue weighted by atomic mass is 32.1. The summed E-state index contributed by atoms with van der Waals surface area (Å²) in [6.45, 7) is 8.29. The zero-order chi connectivity index (χ0) is 22.9. The van der Waals surface area contributed by atoms with Crippen LogP contribution in [0.25, 0.3) is 31.8 Å². The summed E-state index contributed by atoms with van der Waals surface area (Å²) in [5.41, 5.74) is 0.880. The van der Waals surface area contributed by atoms with E-state index < -0.39 is 0 Å². The highest BCUT2D eigenvalue weighted by molar-refractivity contribution is 7.23. The first kappa shape index (κ1) is 21.9. The zero-order valence-electron chi connectivity index (χ0n) is 19.2. The predicted octanol–water partition coefficient (Wildman–Crippen LogP) is 3.25. The predicted molar refractivity (Wildman–Crippen MR) is 136 cm³/mol. The minimum absolute atomic E-state index is 0.0817. The van der Waals surface area contributed by atoms with Crippen LogP contribution in [-0.2, 0) is 9.47 Å². The number of morpholine rings is 1. The van der Waals surface area contributed by atoms with Crippen molar-refractivity contribution in [2.75, 3.05) is 64.1 Å². The van der Waals surface area contributed by atoms with Crippen molar-refractivity contribution >= 4 is 48.2 Å². The topological polar surface area (TPSA) is 83.6 Å². The molecule has 3 aromatic heterocycles. The van der Waals surface area contributed by atoms with Gasteiger partial charge in [0, 0.05) is 74.1 Å². The molecule has 34 heavy (non-hydrogen) atoms. The number of rotatable bonds is 6. The van der Waals surface area contributed by atoms with Gasteiger partial charge in [-0.05, 0) is 30.9 Å². The lowest BCUT2D eigenvalue weighted by Crippen LogP contribution is -2.39. The van der Waals surface area contributed by atoms with Crippen LogP contribution in [0.3, 0.4) is 0 Å². The first-order valence-electron chi connectivity index (χ1n) is 12.1. The fourth-order valence-electron chi connectivity index (χ4n) is 5.10. The van der Waals surface area contributed by atoms with Crippen molar-refractivity contribution < 1.29 is 9.47 Å². The van der Waals surface area contributed by atoms with E-state index in [-0.39, 0.29) is 5.56 Å². The molecule has 6 rings (SSSR count). The zero-order valence-corrected chi connectivity index (χ0v) is 20.0. The minimum Gasteiger partial charge on any atom is -0.380 e. The first-order chi connectivity index (χ1) is 16.8. The van der Waals surface area contributed by atoms with Gasteiger partial charge in [0.15, 0.2) is 5.13 Å². The number of ether oxygens (including phenoxy) is 2. The van der Waals surface area contributed by atoms with Crippen LogP contribution in [-0.4, -0.2) is 79.0 Å². The van der Waals surface area contributed by atoms with Gasteiger partial charge in [-0.15, -0.1) is 0 Å². The van der Waals surface area contributed by atoms with Gasteiger partial charge >= 0.3 is 0 Å². The molecule has 0 bridgehead atoms. The van der Waals surface area contributed by atoms with Crippen molar-refractivity contribution in [1.29, 1.82) is 0 Å². The van der Waals surface area contributed by atoms with E-state index in [1.165, 1.54) is 0 Å². The van der Waals surface area contributed by atoms with E-state index in [0.29, 0.717) is 11.3 Å². The third-order valence-corrected chi connectivity index (χ3v) is 8.21. The van der Waals surface area contributed by atoms with Crippen molar-refractivity contribution in [3.05, 3.63) is 41.1 Å². The average molecular weight is 480 g/mol. The quantitative estimate of drug-likeness (QED) is 0.336. The molecule has 2 fully saturated rings. The summed E-state index contributed by atoms with van der Waals surface area (Å²) in [5.74, 6) is 0.599. The van der Waals surface area contributed by atoms with Crippen LogP contribution < -0.4 is 10.5 Å². The Morgan fingerprint density at radius 3 is 2.82 bits per heavy atom. The molecule has 2 aliphatic rings. The molecular weight excluding hydrogens is 450 g/mol. The second kappa shape index (κ2) is 9.58.